The fourth-order valence-corrected chi connectivity index (χ4v) is 12.0. The zero-order chi connectivity index (χ0) is 46.0. The molecule has 9 aromatic rings. The van der Waals surface area contributed by atoms with Crippen LogP contribution in [0.15, 0.2) is 200 Å². The second-order valence-electron chi connectivity index (χ2n) is 21.7. The molecule has 1 heteroatoms. The molecule has 0 bridgehead atoms. The number of anilines is 3. The van der Waals surface area contributed by atoms with Crippen molar-refractivity contribution in [3.8, 4) is 55.6 Å². The van der Waals surface area contributed by atoms with Crippen LogP contribution in [0.3, 0.4) is 0 Å². The number of hydrogen-bond donors (Lipinski definition) is 0. The first-order valence-electron chi connectivity index (χ1n) is 24.1. The summed E-state index contributed by atoms with van der Waals surface area (Å²) in [7, 11) is 0. The lowest BCUT2D eigenvalue weighted by Gasteiger charge is -2.33. The summed E-state index contributed by atoms with van der Waals surface area (Å²) >= 11 is 0. The van der Waals surface area contributed by atoms with E-state index in [0.29, 0.717) is 0 Å². The van der Waals surface area contributed by atoms with Crippen LogP contribution in [-0.4, -0.2) is 0 Å². The number of nitrogens with zero attached hydrogens (tertiary/aromatic N) is 1. The van der Waals surface area contributed by atoms with E-state index >= 15 is 0 Å². The summed E-state index contributed by atoms with van der Waals surface area (Å²) in [6.07, 6.45) is 0. The summed E-state index contributed by atoms with van der Waals surface area (Å²) in [5.74, 6) is 0. The maximum absolute atomic E-state index is 2.55. The third kappa shape index (κ3) is 6.06. The van der Waals surface area contributed by atoms with Crippen LogP contribution >= 0.6 is 0 Å². The van der Waals surface area contributed by atoms with Gasteiger partial charge >= 0.3 is 0 Å². The van der Waals surface area contributed by atoms with Crippen molar-refractivity contribution in [2.75, 3.05) is 4.90 Å². The van der Waals surface area contributed by atoms with E-state index in [1.807, 2.05) is 0 Å². The Labute approximate surface area is 397 Å². The topological polar surface area (TPSA) is 3.24 Å². The molecular formula is C66H57N. The lowest BCUT2D eigenvalue weighted by Crippen LogP contribution is -2.27. The van der Waals surface area contributed by atoms with E-state index in [2.05, 4.69) is 260 Å². The van der Waals surface area contributed by atoms with Crippen molar-refractivity contribution in [1.29, 1.82) is 0 Å². The summed E-state index contributed by atoms with van der Waals surface area (Å²) in [5, 5.41) is 0. The molecule has 0 N–H and O–H groups in total. The summed E-state index contributed by atoms with van der Waals surface area (Å²) in [6, 6.07) is 76.2. The minimum atomic E-state index is -0.488. The summed E-state index contributed by atoms with van der Waals surface area (Å²) in [4.78, 5) is 2.50. The molecule has 1 nitrogen and oxygen atoms in total. The quantitative estimate of drug-likeness (QED) is 0.167. The van der Waals surface area contributed by atoms with Crippen molar-refractivity contribution in [1.82, 2.24) is 0 Å². The molecule has 1 spiro atoms. The number of para-hydroxylation sites is 1. The van der Waals surface area contributed by atoms with E-state index in [1.165, 1.54) is 100 Å². The normalized spacial score (nSPS) is 14.5. The van der Waals surface area contributed by atoms with Crippen LogP contribution in [0.1, 0.15) is 99.9 Å². The zero-order valence-corrected chi connectivity index (χ0v) is 40.0. The maximum Gasteiger partial charge on any atom is 0.0725 e. The molecule has 326 valence electrons. The fraction of sp³-hybridized carbons (Fsp3) is 0.182. The third-order valence-electron chi connectivity index (χ3n) is 15.4. The molecule has 0 heterocycles. The van der Waals surface area contributed by atoms with Crippen LogP contribution in [0, 0.1) is 0 Å². The van der Waals surface area contributed by atoms with Crippen molar-refractivity contribution >= 4 is 17.1 Å². The highest BCUT2D eigenvalue weighted by molar-refractivity contribution is 6.03. The van der Waals surface area contributed by atoms with E-state index < -0.39 is 5.41 Å². The molecule has 12 rings (SSSR count). The number of benzene rings is 9. The van der Waals surface area contributed by atoms with Crippen LogP contribution in [-0.2, 0) is 21.7 Å². The second kappa shape index (κ2) is 14.6. The SMILES string of the molecule is CC(C)(C)c1ccc2c(c1)C1(c3cc(C(C)(C)C)ccc3-2)c2ccccc2-c2c(-c3ccccc3N(c3ccc(-c4ccccc4)cc3)c3ccc4c(c3)C(C)(C)c3ccccc3-4)cccc21. The Kier molecular flexibility index (Phi) is 9.01. The van der Waals surface area contributed by atoms with Crippen LogP contribution < -0.4 is 4.90 Å². The molecule has 0 aromatic heterocycles. The summed E-state index contributed by atoms with van der Waals surface area (Å²) < 4.78 is 0. The van der Waals surface area contributed by atoms with E-state index in [1.54, 1.807) is 0 Å². The molecule has 0 unspecified atom stereocenters. The smallest absolute Gasteiger partial charge is 0.0725 e. The van der Waals surface area contributed by atoms with Gasteiger partial charge in [-0.2, -0.15) is 0 Å². The second-order valence-corrected chi connectivity index (χ2v) is 21.7. The number of rotatable bonds is 5. The Bertz CT molecular complexity index is 3380. The van der Waals surface area contributed by atoms with E-state index in [9.17, 15) is 0 Å². The Morgan fingerprint density at radius 3 is 1.46 bits per heavy atom. The highest BCUT2D eigenvalue weighted by Crippen LogP contribution is 2.65. The Morgan fingerprint density at radius 1 is 0.328 bits per heavy atom. The van der Waals surface area contributed by atoms with E-state index in [4.69, 9.17) is 0 Å². The molecule has 0 saturated heterocycles. The first kappa shape index (κ1) is 41.2. The lowest BCUT2D eigenvalue weighted by atomic mass is 9.68. The van der Waals surface area contributed by atoms with Crippen molar-refractivity contribution < 1.29 is 0 Å². The van der Waals surface area contributed by atoms with Gasteiger partial charge in [-0.1, -0.05) is 225 Å². The van der Waals surface area contributed by atoms with Gasteiger partial charge in [0.15, 0.2) is 0 Å². The maximum atomic E-state index is 2.55. The highest BCUT2D eigenvalue weighted by atomic mass is 15.1. The van der Waals surface area contributed by atoms with Crippen molar-refractivity contribution in [3.63, 3.8) is 0 Å². The Hall–Kier alpha value is -7.22. The minimum Gasteiger partial charge on any atom is -0.310 e. The molecule has 9 aromatic carbocycles. The van der Waals surface area contributed by atoms with Gasteiger partial charge in [0.05, 0.1) is 11.1 Å². The van der Waals surface area contributed by atoms with Crippen LogP contribution in [0.5, 0.6) is 0 Å². The first-order valence-corrected chi connectivity index (χ1v) is 24.1. The van der Waals surface area contributed by atoms with Crippen molar-refractivity contribution in [3.05, 3.63) is 245 Å². The fourth-order valence-electron chi connectivity index (χ4n) is 12.0. The average Bonchev–Trinajstić information content (AvgIpc) is 3.90. The summed E-state index contributed by atoms with van der Waals surface area (Å²) in [6.45, 7) is 18.8. The van der Waals surface area contributed by atoms with Gasteiger partial charge in [0.25, 0.3) is 0 Å². The van der Waals surface area contributed by atoms with Crippen molar-refractivity contribution in [2.45, 2.75) is 77.0 Å². The lowest BCUT2D eigenvalue weighted by molar-refractivity contribution is 0.586. The average molecular weight is 864 g/mol. The minimum absolute atomic E-state index is 0.0123. The van der Waals surface area contributed by atoms with Crippen LogP contribution in [0.25, 0.3) is 55.6 Å². The predicted molar refractivity (Wildman–Crippen MR) is 283 cm³/mol. The van der Waals surface area contributed by atoms with Gasteiger partial charge in [-0.25, -0.2) is 0 Å². The molecule has 3 aliphatic carbocycles. The van der Waals surface area contributed by atoms with Crippen molar-refractivity contribution in [2.24, 2.45) is 0 Å². The first-order chi connectivity index (χ1) is 32.3. The molecule has 0 aliphatic heterocycles. The third-order valence-corrected chi connectivity index (χ3v) is 15.4. The van der Waals surface area contributed by atoms with Gasteiger partial charge in [-0.3, -0.25) is 0 Å². The van der Waals surface area contributed by atoms with Crippen LogP contribution in [0.2, 0.25) is 0 Å². The molecule has 0 saturated carbocycles. The summed E-state index contributed by atoms with van der Waals surface area (Å²) in [5.41, 5.74) is 26.5. The van der Waals surface area contributed by atoms with Gasteiger partial charge in [0, 0.05) is 22.4 Å². The molecule has 0 atom stereocenters. The van der Waals surface area contributed by atoms with Gasteiger partial charge in [0.1, 0.15) is 0 Å². The predicted octanol–water partition coefficient (Wildman–Crippen LogP) is 17.7. The number of hydrogen-bond acceptors (Lipinski definition) is 1. The zero-order valence-electron chi connectivity index (χ0n) is 40.0. The number of fused-ring (bicyclic) bond motifs is 13. The molecule has 0 fully saturated rings. The van der Waals surface area contributed by atoms with Gasteiger partial charge in [-0.05, 0) is 136 Å². The van der Waals surface area contributed by atoms with Gasteiger partial charge in [0.2, 0.25) is 0 Å². The van der Waals surface area contributed by atoms with Gasteiger partial charge in [-0.15, -0.1) is 0 Å². The van der Waals surface area contributed by atoms with E-state index in [0.717, 1.165) is 17.1 Å². The molecule has 3 aliphatic rings. The standard InChI is InChI=1S/C66H57N/c1-63(2,3)44-31-36-50-51-37-32-45(64(4,5)6)40-60(51)66(59(50)39-44)56-26-16-13-23-54(56)62-53(24-18-27-57(62)66)52-22-14-17-28-61(52)67(46-33-29-43(30-34-46)42-19-10-9-11-20-42)47-35-38-49-48-21-12-15-25-55(48)65(7,8)58(49)41-47/h9-41H,1-8H3. The highest BCUT2D eigenvalue weighted by Gasteiger charge is 2.53. The Morgan fingerprint density at radius 2 is 0.806 bits per heavy atom. The molecule has 0 amide bonds. The van der Waals surface area contributed by atoms with Crippen LogP contribution in [0.4, 0.5) is 17.1 Å². The molecular weight excluding hydrogens is 807 g/mol. The monoisotopic (exact) mass is 863 g/mol. The van der Waals surface area contributed by atoms with Gasteiger partial charge < -0.3 is 4.90 Å². The molecule has 0 radical (unpaired) electrons. The Balaban J connectivity index is 1.11. The molecule has 67 heavy (non-hydrogen) atoms. The van der Waals surface area contributed by atoms with E-state index in [-0.39, 0.29) is 16.2 Å². The largest absolute Gasteiger partial charge is 0.310 e.